The molecule has 0 amide bonds. The van der Waals surface area contributed by atoms with E-state index >= 15 is 0 Å². The average molecular weight is 170 g/mol. The summed E-state index contributed by atoms with van der Waals surface area (Å²) in [4.78, 5) is 25.6. The SMILES string of the molecule is O=P([O-])([O-])[O-].[Al+3].[Ti+4]. The van der Waals surface area contributed by atoms with Crippen molar-refractivity contribution in [1.82, 2.24) is 0 Å². The molecule has 7 heteroatoms. The van der Waals surface area contributed by atoms with Crippen molar-refractivity contribution in [3.05, 3.63) is 0 Å². The zero-order valence-electron chi connectivity index (χ0n) is 3.16. The molecule has 0 saturated heterocycles. The Balaban J connectivity index is -0.0000000800. The van der Waals surface area contributed by atoms with Crippen molar-refractivity contribution in [3.63, 3.8) is 0 Å². The van der Waals surface area contributed by atoms with E-state index in [1.54, 1.807) is 0 Å². The van der Waals surface area contributed by atoms with Gasteiger partial charge in [0, 0.05) is 0 Å². The molecule has 0 spiro atoms. The van der Waals surface area contributed by atoms with E-state index in [9.17, 15) is 0 Å². The zero-order chi connectivity index (χ0) is 4.50. The van der Waals surface area contributed by atoms with Gasteiger partial charge in [0.1, 0.15) is 0 Å². The number of phosphoric acid groups is 1. The van der Waals surface area contributed by atoms with Gasteiger partial charge in [-0.1, -0.05) is 0 Å². The van der Waals surface area contributed by atoms with Gasteiger partial charge in [-0.3, -0.25) is 0 Å². The molecular weight excluding hydrogens is 170 g/mol. The van der Waals surface area contributed by atoms with Gasteiger partial charge in [-0.25, -0.2) is 0 Å². The third-order valence-electron chi connectivity index (χ3n) is 0. The molecule has 32 valence electrons. The van der Waals surface area contributed by atoms with Gasteiger partial charge in [-0.2, -0.15) is 7.82 Å². The average Bonchev–Trinajstić information content (AvgIpc) is 0.722. The molecule has 0 radical (unpaired) electrons. The summed E-state index contributed by atoms with van der Waals surface area (Å²) in [6.45, 7) is 0. The Hall–Kier alpha value is 1.36. The van der Waals surface area contributed by atoms with E-state index in [0.29, 0.717) is 0 Å². The Morgan fingerprint density at radius 3 is 1.14 bits per heavy atom. The molecule has 0 aliphatic rings. The summed E-state index contributed by atoms with van der Waals surface area (Å²) >= 11 is 0. The van der Waals surface area contributed by atoms with Crippen LogP contribution in [0.3, 0.4) is 0 Å². The predicted molar refractivity (Wildman–Crippen MR) is 13.4 cm³/mol. The number of hydrogen-bond acceptors (Lipinski definition) is 4. The first-order valence-electron chi connectivity index (χ1n) is 0.730. The van der Waals surface area contributed by atoms with Crippen LogP contribution >= 0.6 is 7.82 Å². The van der Waals surface area contributed by atoms with Gasteiger partial charge < -0.3 is 19.2 Å². The van der Waals surface area contributed by atoms with Crippen molar-refractivity contribution in [2.24, 2.45) is 0 Å². The van der Waals surface area contributed by atoms with Crippen molar-refractivity contribution in [2.75, 3.05) is 0 Å². The van der Waals surface area contributed by atoms with Crippen LogP contribution in [-0.4, -0.2) is 17.4 Å². The molecule has 0 N–H and O–H groups in total. The molecular formula is AlO4PTi+4. The van der Waals surface area contributed by atoms with Crippen LogP contribution in [0.4, 0.5) is 0 Å². The van der Waals surface area contributed by atoms with Gasteiger partial charge in [0.05, 0.1) is 0 Å². The van der Waals surface area contributed by atoms with Crippen molar-refractivity contribution < 1.29 is 41.0 Å². The third-order valence-corrected chi connectivity index (χ3v) is 0. The Kier molecular flexibility index (Phi) is 12.4. The van der Waals surface area contributed by atoms with E-state index in [1.165, 1.54) is 0 Å². The maximum atomic E-state index is 8.55. The van der Waals surface area contributed by atoms with E-state index < -0.39 is 7.82 Å². The van der Waals surface area contributed by atoms with Gasteiger partial charge in [0.15, 0.2) is 0 Å². The molecule has 0 saturated carbocycles. The Bertz CT molecular complexity index is 57.8. The van der Waals surface area contributed by atoms with E-state index in [0.717, 1.165) is 0 Å². The van der Waals surface area contributed by atoms with Gasteiger partial charge in [0.2, 0.25) is 0 Å². The molecule has 0 atom stereocenters. The molecule has 0 aromatic carbocycles. The summed E-state index contributed by atoms with van der Waals surface area (Å²) in [6.07, 6.45) is 0. The molecule has 0 fully saturated rings. The molecule has 0 rings (SSSR count). The molecule has 7 heavy (non-hydrogen) atoms. The Morgan fingerprint density at radius 1 is 1.14 bits per heavy atom. The van der Waals surface area contributed by atoms with Crippen molar-refractivity contribution in [2.45, 2.75) is 0 Å². The molecule has 0 unspecified atom stereocenters. The fourth-order valence-electron chi connectivity index (χ4n) is 0. The van der Waals surface area contributed by atoms with Gasteiger partial charge in [-0.15, -0.1) is 0 Å². The first-order valence-corrected chi connectivity index (χ1v) is 2.19. The summed E-state index contributed by atoms with van der Waals surface area (Å²) in [5.74, 6) is 0. The molecule has 0 heterocycles. The van der Waals surface area contributed by atoms with Crippen LogP contribution in [0.1, 0.15) is 0 Å². The normalized spacial score (nSPS) is 8.43. The second-order valence-corrected chi connectivity index (χ2v) is 1.34. The molecule has 0 aromatic rings. The molecule has 0 aliphatic carbocycles. The van der Waals surface area contributed by atoms with Crippen LogP contribution in [0.5, 0.6) is 0 Å². The van der Waals surface area contributed by atoms with Gasteiger partial charge >= 0.3 is 39.1 Å². The van der Waals surface area contributed by atoms with Crippen LogP contribution < -0.4 is 14.7 Å². The maximum absolute atomic E-state index is 8.55. The third kappa shape index (κ3) is 115. The Labute approximate surface area is 66.2 Å². The maximum Gasteiger partial charge on any atom is 4.00 e. The van der Waals surface area contributed by atoms with E-state index in [1.807, 2.05) is 0 Å². The number of rotatable bonds is 0. The first-order chi connectivity index (χ1) is 2.00. The van der Waals surface area contributed by atoms with Crippen LogP contribution in [0, 0.1) is 0 Å². The van der Waals surface area contributed by atoms with Crippen LogP contribution in [0.15, 0.2) is 0 Å². The zero-order valence-corrected chi connectivity index (χ0v) is 6.77. The summed E-state index contributed by atoms with van der Waals surface area (Å²) in [6, 6.07) is 0. The molecule has 0 aromatic heterocycles. The Morgan fingerprint density at radius 2 is 1.14 bits per heavy atom. The minimum atomic E-state index is -5.39. The summed E-state index contributed by atoms with van der Waals surface area (Å²) in [5, 5.41) is 0. The fourth-order valence-corrected chi connectivity index (χ4v) is 0. The van der Waals surface area contributed by atoms with Crippen LogP contribution in [-0.2, 0) is 26.3 Å². The summed E-state index contributed by atoms with van der Waals surface area (Å²) in [7, 11) is -5.39. The second kappa shape index (κ2) is 5.49. The quantitative estimate of drug-likeness (QED) is 0.282. The number of hydrogen-bond donors (Lipinski definition) is 0. The van der Waals surface area contributed by atoms with Crippen molar-refractivity contribution in [3.8, 4) is 0 Å². The summed E-state index contributed by atoms with van der Waals surface area (Å²) in [5.41, 5.74) is 0. The van der Waals surface area contributed by atoms with Gasteiger partial charge in [0.25, 0.3) is 0 Å². The molecule has 4 nitrogen and oxygen atoms in total. The minimum absolute atomic E-state index is 0. The van der Waals surface area contributed by atoms with Crippen molar-refractivity contribution >= 4 is 25.2 Å². The fraction of sp³-hybridized carbons (Fsp3) is 0. The first kappa shape index (κ1) is 15.8. The smallest absolute Gasteiger partial charge is 0.822 e. The van der Waals surface area contributed by atoms with E-state index in [4.69, 9.17) is 19.2 Å². The molecule has 0 bridgehead atoms. The monoisotopic (exact) mass is 170 g/mol. The largest absolute Gasteiger partial charge is 4.00 e. The van der Waals surface area contributed by atoms with Crippen LogP contribution in [0.25, 0.3) is 0 Å². The molecule has 0 aliphatic heterocycles. The predicted octanol–water partition coefficient (Wildman–Crippen LogP) is -3.21. The topological polar surface area (TPSA) is 86.2 Å². The minimum Gasteiger partial charge on any atom is -0.822 e. The summed E-state index contributed by atoms with van der Waals surface area (Å²) < 4.78 is 8.55. The van der Waals surface area contributed by atoms with E-state index in [2.05, 4.69) is 0 Å². The van der Waals surface area contributed by atoms with Gasteiger partial charge in [-0.05, 0) is 0 Å². The van der Waals surface area contributed by atoms with Crippen LogP contribution in [0.2, 0.25) is 0 Å². The standard InChI is InChI=1S/Al.H3O4P.Ti/c;1-5(2,3)4;/h;(H3,1,2,3,4);/q+3;;+4/p-3. The van der Waals surface area contributed by atoms with Crippen molar-refractivity contribution in [1.29, 1.82) is 0 Å². The second-order valence-electron chi connectivity index (χ2n) is 0.447. The van der Waals surface area contributed by atoms with E-state index in [-0.39, 0.29) is 39.1 Å².